The molecule has 2 aromatic carbocycles. The van der Waals surface area contributed by atoms with E-state index in [1.165, 1.54) is 37.3 Å². The van der Waals surface area contributed by atoms with Gasteiger partial charge in [0.1, 0.15) is 5.75 Å². The zero-order valence-corrected chi connectivity index (χ0v) is 13.2. The van der Waals surface area contributed by atoms with Crippen LogP contribution in [0.5, 0.6) is 11.5 Å². The molecule has 0 saturated carbocycles. The van der Waals surface area contributed by atoms with Crippen molar-refractivity contribution >= 4 is 5.91 Å². The van der Waals surface area contributed by atoms with E-state index in [1.807, 2.05) is 0 Å². The molecule has 0 aliphatic heterocycles. The highest BCUT2D eigenvalue weighted by molar-refractivity contribution is 5.77. The van der Waals surface area contributed by atoms with Crippen LogP contribution >= 0.6 is 0 Å². The molecule has 2 rings (SSSR count). The summed E-state index contributed by atoms with van der Waals surface area (Å²) >= 11 is 0. The number of amides is 1. The summed E-state index contributed by atoms with van der Waals surface area (Å²) in [5, 5.41) is 0. The van der Waals surface area contributed by atoms with Gasteiger partial charge in [-0.25, -0.2) is 13.2 Å². The number of carbonyl (C=O) groups excluding carboxylic acids is 1. The van der Waals surface area contributed by atoms with Crippen molar-refractivity contribution in [3.05, 3.63) is 59.4 Å². The monoisotopic (exact) mass is 339 g/mol. The summed E-state index contributed by atoms with van der Waals surface area (Å²) in [5.41, 5.74) is 0.581. The summed E-state index contributed by atoms with van der Waals surface area (Å²) in [7, 11) is 2.89. The summed E-state index contributed by atoms with van der Waals surface area (Å²) in [6, 6.07) is 7.40. The van der Waals surface area contributed by atoms with E-state index in [0.29, 0.717) is 5.56 Å². The highest BCUT2D eigenvalue weighted by Gasteiger charge is 2.12. The van der Waals surface area contributed by atoms with Gasteiger partial charge in [-0.2, -0.15) is 0 Å². The Kier molecular flexibility index (Phi) is 5.68. The standard InChI is InChI=1S/C17H16F3NO3/c1-21(9-11-3-6-16(23-2)15(20)7-11)17(22)10-24-12-4-5-13(18)14(19)8-12/h3-8H,9-10H2,1-2H3. The quantitative estimate of drug-likeness (QED) is 0.812. The molecule has 0 spiro atoms. The Morgan fingerprint density at radius 1 is 1.04 bits per heavy atom. The van der Waals surface area contributed by atoms with Gasteiger partial charge in [-0.15, -0.1) is 0 Å². The molecule has 0 fully saturated rings. The molecule has 7 heteroatoms. The fraction of sp³-hybridized carbons (Fsp3) is 0.235. The molecule has 0 atom stereocenters. The molecule has 0 bridgehead atoms. The van der Waals surface area contributed by atoms with E-state index in [9.17, 15) is 18.0 Å². The van der Waals surface area contributed by atoms with E-state index in [1.54, 1.807) is 6.07 Å². The molecule has 0 aromatic heterocycles. The minimum atomic E-state index is -1.05. The molecular formula is C17H16F3NO3. The first-order valence-electron chi connectivity index (χ1n) is 7.05. The first kappa shape index (κ1) is 17.7. The molecular weight excluding hydrogens is 323 g/mol. The average Bonchev–Trinajstić information content (AvgIpc) is 2.55. The molecule has 24 heavy (non-hydrogen) atoms. The van der Waals surface area contributed by atoms with Crippen molar-refractivity contribution in [1.82, 2.24) is 4.90 Å². The number of carbonyl (C=O) groups is 1. The molecule has 0 saturated heterocycles. The summed E-state index contributed by atoms with van der Waals surface area (Å²) in [6.07, 6.45) is 0. The average molecular weight is 339 g/mol. The van der Waals surface area contributed by atoms with Crippen molar-refractivity contribution in [2.45, 2.75) is 6.54 Å². The van der Waals surface area contributed by atoms with Crippen LogP contribution in [0.1, 0.15) is 5.56 Å². The second kappa shape index (κ2) is 7.72. The van der Waals surface area contributed by atoms with Gasteiger partial charge in [0.05, 0.1) is 7.11 Å². The van der Waals surface area contributed by atoms with Gasteiger partial charge in [0.25, 0.3) is 5.91 Å². The molecule has 0 heterocycles. The van der Waals surface area contributed by atoms with E-state index in [-0.39, 0.29) is 24.7 Å². The number of ether oxygens (including phenoxy) is 2. The molecule has 128 valence electrons. The maximum Gasteiger partial charge on any atom is 0.260 e. The van der Waals surface area contributed by atoms with Gasteiger partial charge in [0.2, 0.25) is 0 Å². The minimum Gasteiger partial charge on any atom is -0.494 e. The number of rotatable bonds is 6. The largest absolute Gasteiger partial charge is 0.494 e. The Bertz CT molecular complexity index is 737. The lowest BCUT2D eigenvalue weighted by Crippen LogP contribution is -2.31. The van der Waals surface area contributed by atoms with Crippen LogP contribution in [0.4, 0.5) is 13.2 Å². The number of benzene rings is 2. The predicted molar refractivity (Wildman–Crippen MR) is 81.3 cm³/mol. The molecule has 2 aromatic rings. The van der Waals surface area contributed by atoms with Crippen LogP contribution in [0.2, 0.25) is 0 Å². The van der Waals surface area contributed by atoms with Crippen LogP contribution in [0, 0.1) is 17.5 Å². The number of nitrogens with zero attached hydrogens (tertiary/aromatic N) is 1. The normalized spacial score (nSPS) is 10.4. The third-order valence-electron chi connectivity index (χ3n) is 3.32. The molecule has 0 N–H and O–H groups in total. The Labute approximate surface area is 137 Å². The van der Waals surface area contributed by atoms with Gasteiger partial charge in [0.15, 0.2) is 29.8 Å². The topological polar surface area (TPSA) is 38.8 Å². The SMILES string of the molecule is COc1ccc(CN(C)C(=O)COc2ccc(F)c(F)c2)cc1F. The van der Waals surface area contributed by atoms with Crippen LogP contribution < -0.4 is 9.47 Å². The summed E-state index contributed by atoms with van der Waals surface area (Å²) in [6.45, 7) is -0.179. The van der Waals surface area contributed by atoms with Crippen LogP contribution in [0.3, 0.4) is 0 Å². The summed E-state index contributed by atoms with van der Waals surface area (Å²) in [5.74, 6) is -2.79. The third kappa shape index (κ3) is 4.41. The first-order chi connectivity index (χ1) is 11.4. The fourth-order valence-electron chi connectivity index (χ4n) is 1.99. The number of methoxy groups -OCH3 is 1. The van der Waals surface area contributed by atoms with Crippen LogP contribution in [0.25, 0.3) is 0 Å². The van der Waals surface area contributed by atoms with Crippen LogP contribution in [-0.2, 0) is 11.3 Å². The maximum atomic E-state index is 13.6. The number of hydrogen-bond acceptors (Lipinski definition) is 3. The van der Waals surface area contributed by atoms with E-state index in [0.717, 1.165) is 12.1 Å². The van der Waals surface area contributed by atoms with Crippen LogP contribution in [0.15, 0.2) is 36.4 Å². The summed E-state index contributed by atoms with van der Waals surface area (Å²) in [4.78, 5) is 13.3. The van der Waals surface area contributed by atoms with Crippen LogP contribution in [-0.4, -0.2) is 31.6 Å². The van der Waals surface area contributed by atoms with Crippen molar-refractivity contribution in [3.63, 3.8) is 0 Å². The lowest BCUT2D eigenvalue weighted by molar-refractivity contribution is -0.132. The van der Waals surface area contributed by atoms with Crippen molar-refractivity contribution in [3.8, 4) is 11.5 Å². The van der Waals surface area contributed by atoms with Gasteiger partial charge in [0, 0.05) is 19.7 Å². The first-order valence-corrected chi connectivity index (χ1v) is 7.05. The number of likely N-dealkylation sites (N-methyl/N-ethyl adjacent to an activating group) is 1. The third-order valence-corrected chi connectivity index (χ3v) is 3.32. The maximum absolute atomic E-state index is 13.6. The van der Waals surface area contributed by atoms with Gasteiger partial charge in [-0.05, 0) is 29.8 Å². The number of halogens is 3. The van der Waals surface area contributed by atoms with Crippen molar-refractivity contribution < 1.29 is 27.4 Å². The Morgan fingerprint density at radius 3 is 2.42 bits per heavy atom. The van der Waals surface area contributed by atoms with E-state index < -0.39 is 23.4 Å². The zero-order chi connectivity index (χ0) is 17.7. The highest BCUT2D eigenvalue weighted by Crippen LogP contribution is 2.19. The fourth-order valence-corrected chi connectivity index (χ4v) is 1.99. The lowest BCUT2D eigenvalue weighted by Gasteiger charge is -2.18. The number of hydrogen-bond donors (Lipinski definition) is 0. The van der Waals surface area contributed by atoms with E-state index >= 15 is 0 Å². The molecule has 0 unspecified atom stereocenters. The molecule has 0 aliphatic carbocycles. The lowest BCUT2D eigenvalue weighted by atomic mass is 10.2. The molecule has 0 aliphatic rings. The van der Waals surface area contributed by atoms with Gasteiger partial charge in [-0.3, -0.25) is 4.79 Å². The van der Waals surface area contributed by atoms with Gasteiger partial charge < -0.3 is 14.4 Å². The Morgan fingerprint density at radius 2 is 1.79 bits per heavy atom. The van der Waals surface area contributed by atoms with Crippen molar-refractivity contribution in [2.75, 3.05) is 20.8 Å². The van der Waals surface area contributed by atoms with Crippen molar-refractivity contribution in [2.24, 2.45) is 0 Å². The molecule has 1 amide bonds. The predicted octanol–water partition coefficient (Wildman–Crippen LogP) is 3.15. The Balaban J connectivity index is 1.92. The summed E-state index contributed by atoms with van der Waals surface area (Å²) < 4.78 is 49.4. The second-order valence-corrected chi connectivity index (χ2v) is 5.08. The highest BCUT2D eigenvalue weighted by atomic mass is 19.2. The molecule has 4 nitrogen and oxygen atoms in total. The minimum absolute atomic E-state index is 0.0474. The van der Waals surface area contributed by atoms with Crippen molar-refractivity contribution in [1.29, 1.82) is 0 Å². The second-order valence-electron chi connectivity index (χ2n) is 5.08. The smallest absolute Gasteiger partial charge is 0.260 e. The van der Waals surface area contributed by atoms with Gasteiger partial charge in [-0.1, -0.05) is 6.07 Å². The zero-order valence-electron chi connectivity index (χ0n) is 13.2. The van der Waals surface area contributed by atoms with E-state index in [4.69, 9.17) is 9.47 Å². The Hall–Kier alpha value is -2.70. The van der Waals surface area contributed by atoms with Gasteiger partial charge >= 0.3 is 0 Å². The molecule has 0 radical (unpaired) electrons. The van der Waals surface area contributed by atoms with E-state index in [2.05, 4.69) is 0 Å².